The van der Waals surface area contributed by atoms with E-state index < -0.39 is 0 Å². The molecule has 0 unspecified atom stereocenters. The summed E-state index contributed by atoms with van der Waals surface area (Å²) in [6.45, 7) is 1.48. The summed E-state index contributed by atoms with van der Waals surface area (Å²) in [6.07, 6.45) is 2.03. The van der Waals surface area contributed by atoms with E-state index in [4.69, 9.17) is 27.6 Å². The van der Waals surface area contributed by atoms with Crippen LogP contribution in [-0.2, 0) is 18.7 Å². The number of furan rings is 1. The maximum atomic E-state index is 12.3. The van der Waals surface area contributed by atoms with Crippen LogP contribution in [0.3, 0.4) is 0 Å². The molecule has 9 heteroatoms. The number of thioether (sulfide) groups is 1. The topological polar surface area (TPSA) is 74.2 Å². The number of H-pyrrole nitrogens is 1. The first-order chi connectivity index (χ1) is 14.4. The highest BCUT2D eigenvalue weighted by Gasteiger charge is 2.07. The standard InChI is InChI=1S/C21H24Cl2N4O2S/c1-27(2)12-16-4-5-17(29-16)13-30-8-7-24-21-25-11-15(20(28)26-21)9-14-3-6-18(22)19(23)10-14/h3-6,10-11H,7-9,12-13H2,1-2H3,(H2,24,25,26,28). The molecule has 3 aromatic rings. The number of hydrogen-bond donors (Lipinski definition) is 2. The molecule has 0 atom stereocenters. The van der Waals surface area contributed by atoms with Gasteiger partial charge in [0.15, 0.2) is 0 Å². The summed E-state index contributed by atoms with van der Waals surface area (Å²) in [5, 5.41) is 4.11. The number of nitrogens with one attached hydrogen (secondary N) is 2. The normalized spacial score (nSPS) is 11.2. The van der Waals surface area contributed by atoms with Crippen LogP contribution in [0.2, 0.25) is 10.0 Å². The van der Waals surface area contributed by atoms with Gasteiger partial charge < -0.3 is 14.6 Å². The minimum atomic E-state index is -0.171. The molecule has 2 heterocycles. The van der Waals surface area contributed by atoms with Crippen LogP contribution in [0.5, 0.6) is 0 Å². The largest absolute Gasteiger partial charge is 0.464 e. The zero-order chi connectivity index (χ0) is 21.5. The van der Waals surface area contributed by atoms with Gasteiger partial charge in [-0.15, -0.1) is 0 Å². The van der Waals surface area contributed by atoms with Crippen LogP contribution in [0.15, 0.2) is 45.7 Å². The van der Waals surface area contributed by atoms with E-state index in [9.17, 15) is 4.79 Å². The first kappa shape index (κ1) is 22.7. The second-order valence-electron chi connectivity index (χ2n) is 7.10. The molecule has 0 aliphatic rings. The van der Waals surface area contributed by atoms with E-state index in [0.29, 0.717) is 34.5 Å². The second kappa shape index (κ2) is 10.9. The predicted octanol–water partition coefficient (Wildman–Crippen LogP) is 4.67. The Hall–Kier alpha value is -1.93. The van der Waals surface area contributed by atoms with E-state index >= 15 is 0 Å². The van der Waals surface area contributed by atoms with Crippen molar-refractivity contribution in [1.29, 1.82) is 0 Å². The van der Waals surface area contributed by atoms with Crippen molar-refractivity contribution in [3.8, 4) is 0 Å². The predicted molar refractivity (Wildman–Crippen MR) is 125 cm³/mol. The van der Waals surface area contributed by atoms with Crippen LogP contribution in [0, 0.1) is 0 Å². The molecule has 0 bridgehead atoms. The summed E-state index contributed by atoms with van der Waals surface area (Å²) in [5.41, 5.74) is 1.30. The average molecular weight is 467 g/mol. The van der Waals surface area contributed by atoms with Gasteiger partial charge in [-0.3, -0.25) is 9.78 Å². The number of halogens is 2. The van der Waals surface area contributed by atoms with Gasteiger partial charge in [-0.05, 0) is 43.9 Å². The maximum Gasteiger partial charge on any atom is 0.255 e. The van der Waals surface area contributed by atoms with Crippen molar-refractivity contribution in [3.05, 3.63) is 79.6 Å². The summed E-state index contributed by atoms with van der Waals surface area (Å²) in [5.74, 6) is 4.07. The minimum Gasteiger partial charge on any atom is -0.464 e. The van der Waals surface area contributed by atoms with Gasteiger partial charge in [0.25, 0.3) is 5.56 Å². The van der Waals surface area contributed by atoms with Gasteiger partial charge in [-0.2, -0.15) is 11.8 Å². The van der Waals surface area contributed by atoms with Crippen LogP contribution in [0.1, 0.15) is 22.6 Å². The Morgan fingerprint density at radius 2 is 1.97 bits per heavy atom. The fourth-order valence-corrected chi connectivity index (χ4v) is 3.89. The highest BCUT2D eigenvalue weighted by molar-refractivity contribution is 7.98. The number of aromatic nitrogens is 2. The lowest BCUT2D eigenvalue weighted by Crippen LogP contribution is -2.18. The van der Waals surface area contributed by atoms with Crippen molar-refractivity contribution in [2.75, 3.05) is 31.7 Å². The Morgan fingerprint density at radius 1 is 1.17 bits per heavy atom. The fraction of sp³-hybridized carbons (Fsp3) is 0.333. The second-order valence-corrected chi connectivity index (χ2v) is 9.02. The number of rotatable bonds is 10. The van der Waals surface area contributed by atoms with Crippen LogP contribution < -0.4 is 10.9 Å². The number of anilines is 1. The van der Waals surface area contributed by atoms with Crippen molar-refractivity contribution in [2.45, 2.75) is 18.7 Å². The average Bonchev–Trinajstić information content (AvgIpc) is 3.13. The van der Waals surface area contributed by atoms with E-state index in [0.717, 1.165) is 35.1 Å². The molecule has 160 valence electrons. The first-order valence-corrected chi connectivity index (χ1v) is 11.4. The molecular weight excluding hydrogens is 443 g/mol. The molecule has 3 rings (SSSR count). The number of benzene rings is 1. The molecule has 30 heavy (non-hydrogen) atoms. The van der Waals surface area contributed by atoms with Crippen LogP contribution in [-0.4, -0.2) is 41.3 Å². The van der Waals surface area contributed by atoms with E-state index in [-0.39, 0.29) is 5.56 Å². The lowest BCUT2D eigenvalue weighted by Gasteiger charge is -2.07. The summed E-state index contributed by atoms with van der Waals surface area (Å²) in [6, 6.07) is 9.36. The summed E-state index contributed by atoms with van der Waals surface area (Å²) in [4.78, 5) is 21.5. The molecule has 0 spiro atoms. The molecule has 0 amide bonds. The third kappa shape index (κ3) is 6.80. The summed E-state index contributed by atoms with van der Waals surface area (Å²) >= 11 is 13.7. The van der Waals surface area contributed by atoms with Crippen molar-refractivity contribution < 1.29 is 4.42 Å². The number of aromatic amines is 1. The van der Waals surface area contributed by atoms with Crippen molar-refractivity contribution in [2.24, 2.45) is 0 Å². The Bertz CT molecular complexity index is 1040. The van der Waals surface area contributed by atoms with Gasteiger partial charge in [-0.1, -0.05) is 29.3 Å². The monoisotopic (exact) mass is 466 g/mol. The highest BCUT2D eigenvalue weighted by Crippen LogP contribution is 2.23. The molecule has 0 saturated carbocycles. The molecular formula is C21H24Cl2N4O2S. The van der Waals surface area contributed by atoms with E-state index in [1.54, 1.807) is 30.1 Å². The van der Waals surface area contributed by atoms with Crippen molar-refractivity contribution in [1.82, 2.24) is 14.9 Å². The summed E-state index contributed by atoms with van der Waals surface area (Å²) in [7, 11) is 4.03. The van der Waals surface area contributed by atoms with Crippen molar-refractivity contribution in [3.63, 3.8) is 0 Å². The molecule has 2 aromatic heterocycles. The van der Waals surface area contributed by atoms with Gasteiger partial charge >= 0.3 is 0 Å². The smallest absolute Gasteiger partial charge is 0.255 e. The maximum absolute atomic E-state index is 12.3. The van der Waals surface area contributed by atoms with Gasteiger partial charge in [0.1, 0.15) is 11.5 Å². The summed E-state index contributed by atoms with van der Waals surface area (Å²) < 4.78 is 5.79. The Balaban J connectivity index is 1.44. The van der Waals surface area contributed by atoms with Crippen LogP contribution >= 0.6 is 35.0 Å². The third-order valence-corrected chi connectivity index (χ3v) is 5.94. The molecule has 0 aliphatic heterocycles. The molecule has 2 N–H and O–H groups in total. The van der Waals surface area contributed by atoms with Crippen molar-refractivity contribution >= 4 is 40.9 Å². The highest BCUT2D eigenvalue weighted by atomic mass is 35.5. The lowest BCUT2D eigenvalue weighted by molar-refractivity contribution is 0.344. The molecule has 6 nitrogen and oxygen atoms in total. The van der Waals surface area contributed by atoms with Gasteiger partial charge in [-0.25, -0.2) is 4.98 Å². The van der Waals surface area contributed by atoms with Gasteiger partial charge in [0.05, 0.1) is 22.3 Å². The van der Waals surface area contributed by atoms with E-state index in [2.05, 4.69) is 20.2 Å². The molecule has 0 radical (unpaired) electrons. The molecule has 0 aliphatic carbocycles. The lowest BCUT2D eigenvalue weighted by atomic mass is 10.1. The van der Waals surface area contributed by atoms with Crippen LogP contribution in [0.25, 0.3) is 0 Å². The minimum absolute atomic E-state index is 0.171. The van der Waals surface area contributed by atoms with Crippen LogP contribution in [0.4, 0.5) is 5.95 Å². The Kier molecular flexibility index (Phi) is 8.27. The molecule has 1 aromatic carbocycles. The zero-order valence-corrected chi connectivity index (χ0v) is 19.2. The quantitative estimate of drug-likeness (QED) is 0.423. The number of nitrogens with zero attached hydrogens (tertiary/aromatic N) is 2. The van der Waals surface area contributed by atoms with E-state index in [1.807, 2.05) is 32.3 Å². The van der Waals surface area contributed by atoms with E-state index in [1.165, 1.54) is 0 Å². The number of hydrogen-bond acceptors (Lipinski definition) is 6. The first-order valence-electron chi connectivity index (χ1n) is 9.47. The SMILES string of the molecule is CN(C)Cc1ccc(CSCCNc2ncc(Cc3ccc(Cl)c(Cl)c3)c(=O)[nH]2)o1. The van der Waals surface area contributed by atoms with Gasteiger partial charge in [0, 0.05) is 30.5 Å². The molecule has 0 saturated heterocycles. The third-order valence-electron chi connectivity index (χ3n) is 4.22. The Labute approximate surface area is 190 Å². The van der Waals surface area contributed by atoms with Gasteiger partial charge in [0.2, 0.25) is 5.95 Å². The fourth-order valence-electron chi connectivity index (χ4n) is 2.82. The Morgan fingerprint density at radius 3 is 2.70 bits per heavy atom. The zero-order valence-electron chi connectivity index (χ0n) is 16.9. The molecule has 0 fully saturated rings.